The van der Waals surface area contributed by atoms with Gasteiger partial charge in [0.15, 0.2) is 11.5 Å². The predicted molar refractivity (Wildman–Crippen MR) is 110 cm³/mol. The van der Waals surface area contributed by atoms with Gasteiger partial charge in [-0.1, -0.05) is 24.3 Å². The molecule has 1 saturated heterocycles. The number of methoxy groups -OCH3 is 3. The summed E-state index contributed by atoms with van der Waals surface area (Å²) in [4.78, 5) is 27.8. The second kappa shape index (κ2) is 7.87. The van der Waals surface area contributed by atoms with Crippen LogP contribution in [-0.2, 0) is 11.3 Å². The summed E-state index contributed by atoms with van der Waals surface area (Å²) in [6.07, 6.45) is 0. The number of para-hydroxylation sites is 1. The van der Waals surface area contributed by atoms with Gasteiger partial charge in [-0.3, -0.25) is 9.59 Å². The van der Waals surface area contributed by atoms with Gasteiger partial charge in [0.25, 0.3) is 5.91 Å². The maximum atomic E-state index is 13.2. The van der Waals surface area contributed by atoms with Crippen LogP contribution in [0.5, 0.6) is 17.2 Å². The minimum Gasteiger partial charge on any atom is -0.496 e. The Morgan fingerprint density at radius 2 is 1.86 bits per heavy atom. The molecular formula is C21H22N2O5S. The van der Waals surface area contributed by atoms with E-state index < -0.39 is 6.04 Å². The molecule has 2 atom stereocenters. The molecule has 0 bridgehead atoms. The molecule has 29 heavy (non-hydrogen) atoms. The monoisotopic (exact) mass is 414 g/mol. The molecule has 2 aromatic rings. The average Bonchev–Trinajstić information content (AvgIpc) is 3.31. The van der Waals surface area contributed by atoms with Crippen LogP contribution in [0.3, 0.4) is 0 Å². The second-order valence-electron chi connectivity index (χ2n) is 6.71. The van der Waals surface area contributed by atoms with Gasteiger partial charge < -0.3 is 24.4 Å². The molecule has 0 aliphatic carbocycles. The third-order valence-electron chi connectivity index (χ3n) is 5.24. The normalized spacial score (nSPS) is 19.6. The van der Waals surface area contributed by atoms with Crippen LogP contribution in [0.4, 0.5) is 0 Å². The molecule has 0 radical (unpaired) electrons. The van der Waals surface area contributed by atoms with Gasteiger partial charge in [0.2, 0.25) is 5.91 Å². The number of carbonyl (C=O) groups excluding carboxylic acids is 2. The number of hydrogen-bond acceptors (Lipinski definition) is 6. The van der Waals surface area contributed by atoms with Crippen LogP contribution in [0.15, 0.2) is 36.4 Å². The van der Waals surface area contributed by atoms with Gasteiger partial charge in [-0.05, 0) is 12.1 Å². The Morgan fingerprint density at radius 3 is 2.59 bits per heavy atom. The molecule has 152 valence electrons. The minimum absolute atomic E-state index is 0.182. The molecule has 8 heteroatoms. The first-order valence-corrected chi connectivity index (χ1v) is 10.2. The summed E-state index contributed by atoms with van der Waals surface area (Å²) >= 11 is 1.58. The highest BCUT2D eigenvalue weighted by Gasteiger charge is 2.50. The first kappa shape index (κ1) is 19.4. The molecule has 0 unspecified atom stereocenters. The van der Waals surface area contributed by atoms with Gasteiger partial charge in [-0.2, -0.15) is 0 Å². The van der Waals surface area contributed by atoms with Crippen LogP contribution < -0.4 is 19.5 Å². The van der Waals surface area contributed by atoms with Crippen LogP contribution in [-0.4, -0.2) is 49.8 Å². The van der Waals surface area contributed by atoms with Crippen LogP contribution in [0.25, 0.3) is 0 Å². The molecule has 4 rings (SSSR count). The van der Waals surface area contributed by atoms with Gasteiger partial charge in [0.1, 0.15) is 17.2 Å². The number of nitrogens with zero attached hydrogens (tertiary/aromatic N) is 1. The van der Waals surface area contributed by atoms with Crippen molar-refractivity contribution in [1.29, 1.82) is 0 Å². The third kappa shape index (κ3) is 3.17. The third-order valence-corrected chi connectivity index (χ3v) is 6.55. The quantitative estimate of drug-likeness (QED) is 0.783. The topological polar surface area (TPSA) is 77.1 Å². The van der Waals surface area contributed by atoms with E-state index in [2.05, 4.69) is 5.32 Å². The standard InChI is InChI=1S/C21H22N2O5S/c1-26-15-7-5-4-6-12(15)10-22-19(24)14-11-29-21-13-8-9-16(27-2)18(28-3)17(13)20(25)23(14)21/h4-9,14,21H,10-11H2,1-3H3,(H,22,24)/t14-,21+/m1/s1. The van der Waals surface area contributed by atoms with Crippen molar-refractivity contribution >= 4 is 23.6 Å². The number of nitrogens with one attached hydrogen (secondary N) is 1. The maximum absolute atomic E-state index is 13.2. The molecule has 2 aliphatic heterocycles. The summed E-state index contributed by atoms with van der Waals surface area (Å²) in [7, 11) is 4.65. The Kier molecular flexibility index (Phi) is 5.27. The Hall–Kier alpha value is -2.87. The van der Waals surface area contributed by atoms with E-state index in [0.717, 1.165) is 11.1 Å². The highest BCUT2D eigenvalue weighted by Crippen LogP contribution is 2.52. The molecule has 2 heterocycles. The van der Waals surface area contributed by atoms with Crippen molar-refractivity contribution in [2.45, 2.75) is 18.0 Å². The number of ether oxygens (including phenoxy) is 3. The Morgan fingerprint density at radius 1 is 1.10 bits per heavy atom. The number of fused-ring (bicyclic) bond motifs is 3. The van der Waals surface area contributed by atoms with Gasteiger partial charge in [-0.25, -0.2) is 0 Å². The number of rotatable bonds is 6. The molecule has 2 amide bonds. The fourth-order valence-electron chi connectivity index (χ4n) is 3.84. The summed E-state index contributed by atoms with van der Waals surface area (Å²) < 4.78 is 16.1. The number of thioether (sulfide) groups is 1. The van der Waals surface area contributed by atoms with E-state index in [1.54, 1.807) is 29.8 Å². The van der Waals surface area contributed by atoms with E-state index in [1.807, 2.05) is 30.3 Å². The lowest BCUT2D eigenvalue weighted by atomic mass is 10.1. The Balaban J connectivity index is 1.54. The fraction of sp³-hybridized carbons (Fsp3) is 0.333. The van der Waals surface area contributed by atoms with E-state index in [1.165, 1.54) is 14.2 Å². The largest absolute Gasteiger partial charge is 0.496 e. The van der Waals surface area contributed by atoms with Gasteiger partial charge in [0.05, 0.1) is 26.9 Å². The van der Waals surface area contributed by atoms with Crippen molar-refractivity contribution in [1.82, 2.24) is 10.2 Å². The first-order valence-electron chi connectivity index (χ1n) is 9.19. The summed E-state index contributed by atoms with van der Waals surface area (Å²) in [6, 6.07) is 10.7. The molecule has 2 aliphatic rings. The van der Waals surface area contributed by atoms with Crippen molar-refractivity contribution in [3.05, 3.63) is 53.1 Å². The summed E-state index contributed by atoms with van der Waals surface area (Å²) in [6.45, 7) is 0.334. The molecule has 2 aromatic carbocycles. The van der Waals surface area contributed by atoms with E-state index in [0.29, 0.717) is 35.1 Å². The van der Waals surface area contributed by atoms with Gasteiger partial charge in [-0.15, -0.1) is 11.8 Å². The Labute approximate surface area is 173 Å². The van der Waals surface area contributed by atoms with Crippen molar-refractivity contribution in [3.63, 3.8) is 0 Å². The number of benzene rings is 2. The highest BCUT2D eigenvalue weighted by atomic mass is 32.2. The van der Waals surface area contributed by atoms with Crippen LogP contribution >= 0.6 is 11.8 Å². The smallest absolute Gasteiger partial charge is 0.260 e. The first-order chi connectivity index (χ1) is 14.1. The van der Waals surface area contributed by atoms with Gasteiger partial charge in [0, 0.05) is 23.4 Å². The minimum atomic E-state index is -0.546. The van der Waals surface area contributed by atoms with Crippen molar-refractivity contribution in [2.75, 3.05) is 27.1 Å². The van der Waals surface area contributed by atoms with E-state index in [-0.39, 0.29) is 17.2 Å². The van der Waals surface area contributed by atoms with Crippen molar-refractivity contribution in [3.8, 4) is 17.2 Å². The number of carbonyl (C=O) groups is 2. The second-order valence-corrected chi connectivity index (χ2v) is 7.82. The average molecular weight is 414 g/mol. The number of amides is 2. The Bertz CT molecular complexity index is 964. The van der Waals surface area contributed by atoms with E-state index >= 15 is 0 Å². The molecule has 1 fully saturated rings. The molecule has 0 spiro atoms. The SMILES string of the molecule is COc1ccccc1CNC(=O)[C@H]1CS[C@H]2c3ccc(OC)c(OC)c3C(=O)N12. The molecule has 7 nitrogen and oxygen atoms in total. The summed E-state index contributed by atoms with van der Waals surface area (Å²) in [5, 5.41) is 2.75. The zero-order valence-corrected chi connectivity index (χ0v) is 17.2. The van der Waals surface area contributed by atoms with Crippen LogP contribution in [0.1, 0.15) is 26.9 Å². The lowest BCUT2D eigenvalue weighted by molar-refractivity contribution is -0.124. The molecule has 0 saturated carbocycles. The molecule has 1 N–H and O–H groups in total. The van der Waals surface area contributed by atoms with Gasteiger partial charge >= 0.3 is 0 Å². The number of hydrogen-bond donors (Lipinski definition) is 1. The lowest BCUT2D eigenvalue weighted by Gasteiger charge is -2.22. The van der Waals surface area contributed by atoms with E-state index in [9.17, 15) is 9.59 Å². The van der Waals surface area contributed by atoms with Crippen molar-refractivity contribution < 1.29 is 23.8 Å². The molecular weight excluding hydrogens is 392 g/mol. The maximum Gasteiger partial charge on any atom is 0.260 e. The zero-order chi connectivity index (χ0) is 20.5. The van der Waals surface area contributed by atoms with E-state index in [4.69, 9.17) is 14.2 Å². The lowest BCUT2D eigenvalue weighted by Crippen LogP contribution is -2.45. The predicted octanol–water partition coefficient (Wildman–Crippen LogP) is 2.60. The zero-order valence-electron chi connectivity index (χ0n) is 16.4. The fourth-order valence-corrected chi connectivity index (χ4v) is 5.30. The van der Waals surface area contributed by atoms with Crippen LogP contribution in [0, 0.1) is 0 Å². The summed E-state index contributed by atoms with van der Waals surface area (Å²) in [5.74, 6) is 1.79. The van der Waals surface area contributed by atoms with Crippen LogP contribution in [0.2, 0.25) is 0 Å². The van der Waals surface area contributed by atoms with Crippen molar-refractivity contribution in [2.24, 2.45) is 0 Å². The summed E-state index contributed by atoms with van der Waals surface area (Å²) in [5.41, 5.74) is 2.22. The molecule has 0 aromatic heterocycles. The highest BCUT2D eigenvalue weighted by molar-refractivity contribution is 7.99.